The zero-order chi connectivity index (χ0) is 28.3. The van der Waals surface area contributed by atoms with Crippen LogP contribution in [0.4, 0.5) is 0 Å². The molecule has 0 radical (unpaired) electrons. The zero-order valence-corrected chi connectivity index (χ0v) is 25.5. The Labute approximate surface area is 234 Å². The van der Waals surface area contributed by atoms with Crippen molar-refractivity contribution in [2.75, 3.05) is 0 Å². The molecule has 1 heterocycles. The summed E-state index contributed by atoms with van der Waals surface area (Å²) in [5, 5.41) is 5.95. The van der Waals surface area contributed by atoms with Crippen molar-refractivity contribution in [1.82, 2.24) is 10.6 Å². The van der Waals surface area contributed by atoms with Gasteiger partial charge in [0.15, 0.2) is 0 Å². The Hall–Kier alpha value is -2.36. The number of rotatable bonds is 13. The molecule has 2 aliphatic rings. The molecule has 1 aliphatic heterocycles. The summed E-state index contributed by atoms with van der Waals surface area (Å²) >= 11 is 0. The minimum atomic E-state index is -0.495. The Balaban J connectivity index is 0.00000172. The Morgan fingerprint density at radius 2 is 1.29 bits per heavy atom. The topological polar surface area (TPSA) is 58.2 Å². The van der Waals surface area contributed by atoms with Crippen molar-refractivity contribution in [2.24, 2.45) is 5.92 Å². The minimum Gasteiger partial charge on any atom is -0.342 e. The number of hydrogen-bond acceptors (Lipinski definition) is 2. The molecule has 1 aliphatic carbocycles. The van der Waals surface area contributed by atoms with Crippen LogP contribution in [0.5, 0.6) is 0 Å². The maximum absolute atomic E-state index is 12.7. The van der Waals surface area contributed by atoms with E-state index in [1.807, 2.05) is 27.7 Å². The molecule has 0 bridgehead atoms. The fourth-order valence-electron chi connectivity index (χ4n) is 4.87. The SMILES string of the molecule is CC.CC.CCCCCC1=CC=C(CC2NC(=O)C(Cc3ccc(CCCC(C)CC)cc3)NC2=O)CC1. The number of hydrogen-bond donors (Lipinski definition) is 2. The van der Waals surface area contributed by atoms with E-state index in [2.05, 4.69) is 67.8 Å². The van der Waals surface area contributed by atoms with E-state index in [1.165, 1.54) is 61.7 Å². The van der Waals surface area contributed by atoms with Gasteiger partial charge in [-0.15, -0.1) is 0 Å². The van der Waals surface area contributed by atoms with Gasteiger partial charge in [-0.3, -0.25) is 9.59 Å². The molecular weight excluding hydrogens is 468 g/mol. The Kier molecular flexibility index (Phi) is 17.4. The fraction of sp³-hybridized carbons (Fsp3) is 0.647. The van der Waals surface area contributed by atoms with Gasteiger partial charge in [0.1, 0.15) is 12.1 Å². The average Bonchev–Trinajstić information content (AvgIpc) is 2.95. The van der Waals surface area contributed by atoms with Crippen LogP contribution in [0.25, 0.3) is 0 Å². The molecule has 1 saturated heterocycles. The number of benzene rings is 1. The lowest BCUT2D eigenvalue weighted by Crippen LogP contribution is -2.62. The third-order valence-electron chi connectivity index (χ3n) is 7.48. The van der Waals surface area contributed by atoms with Gasteiger partial charge in [0.25, 0.3) is 0 Å². The van der Waals surface area contributed by atoms with Crippen LogP contribution in [0.15, 0.2) is 47.6 Å². The van der Waals surface area contributed by atoms with E-state index in [-0.39, 0.29) is 11.8 Å². The Morgan fingerprint density at radius 1 is 0.737 bits per heavy atom. The summed E-state index contributed by atoms with van der Waals surface area (Å²) in [4.78, 5) is 25.5. The number of aryl methyl sites for hydroxylation is 1. The summed E-state index contributed by atoms with van der Waals surface area (Å²) < 4.78 is 0. The number of carbonyl (C=O) groups excluding carboxylic acids is 2. The predicted octanol–water partition coefficient (Wildman–Crippen LogP) is 8.25. The number of nitrogens with one attached hydrogen (secondary N) is 2. The number of unbranched alkanes of at least 4 members (excludes halogenated alkanes) is 2. The molecule has 0 aromatic heterocycles. The first kappa shape index (κ1) is 33.7. The van der Waals surface area contributed by atoms with Crippen molar-refractivity contribution in [3.63, 3.8) is 0 Å². The maximum atomic E-state index is 12.7. The number of amides is 2. The molecule has 1 fully saturated rings. The quantitative estimate of drug-likeness (QED) is 0.255. The van der Waals surface area contributed by atoms with Crippen LogP contribution in [-0.2, 0) is 22.4 Å². The average molecular weight is 525 g/mol. The molecule has 38 heavy (non-hydrogen) atoms. The molecule has 1 aromatic carbocycles. The molecule has 4 nitrogen and oxygen atoms in total. The zero-order valence-electron chi connectivity index (χ0n) is 25.5. The Morgan fingerprint density at radius 3 is 1.84 bits per heavy atom. The third kappa shape index (κ3) is 12.0. The summed E-state index contributed by atoms with van der Waals surface area (Å²) in [5.41, 5.74) is 5.19. The lowest BCUT2D eigenvalue weighted by molar-refractivity contribution is -0.136. The first-order valence-electron chi connectivity index (χ1n) is 15.5. The first-order valence-corrected chi connectivity index (χ1v) is 15.5. The molecule has 2 N–H and O–H groups in total. The monoisotopic (exact) mass is 524 g/mol. The molecule has 4 heteroatoms. The van der Waals surface area contributed by atoms with Gasteiger partial charge in [-0.05, 0) is 62.0 Å². The van der Waals surface area contributed by atoms with Crippen molar-refractivity contribution < 1.29 is 9.59 Å². The van der Waals surface area contributed by atoms with E-state index < -0.39 is 12.1 Å². The second kappa shape index (κ2) is 19.7. The Bertz CT molecular complexity index is 869. The third-order valence-corrected chi connectivity index (χ3v) is 7.48. The van der Waals surface area contributed by atoms with E-state index >= 15 is 0 Å². The predicted molar refractivity (Wildman–Crippen MR) is 163 cm³/mol. The van der Waals surface area contributed by atoms with Crippen LogP contribution in [0.1, 0.15) is 124 Å². The molecular formula is C34H56N2O2. The van der Waals surface area contributed by atoms with Crippen LogP contribution in [0.3, 0.4) is 0 Å². The fourth-order valence-corrected chi connectivity index (χ4v) is 4.87. The van der Waals surface area contributed by atoms with E-state index in [0.717, 1.165) is 30.7 Å². The van der Waals surface area contributed by atoms with Crippen molar-refractivity contribution in [2.45, 2.75) is 138 Å². The summed E-state index contributed by atoms with van der Waals surface area (Å²) in [6, 6.07) is 7.57. The maximum Gasteiger partial charge on any atom is 0.243 e. The standard InChI is InChI=1S/C30H44N2O2.2C2H6/c1-4-6-7-10-23-12-16-25(17-13-23)20-27-29(33)32-28(30(34)31-27)21-26-18-14-24(15-19-26)11-8-9-22(3)5-2;2*1-2/h12,14-16,18-19,22,27-28H,4-11,13,17,20-21H2,1-3H3,(H,31,34)(H,32,33);2*1-2H3. The summed E-state index contributed by atoms with van der Waals surface area (Å²) in [6.07, 6.45) is 17.4. The van der Waals surface area contributed by atoms with Crippen LogP contribution in [-0.4, -0.2) is 23.9 Å². The lowest BCUT2D eigenvalue weighted by atomic mass is 9.90. The normalized spacial score (nSPS) is 19.4. The number of allylic oxidation sites excluding steroid dienone is 3. The highest BCUT2D eigenvalue weighted by atomic mass is 16.2. The number of piperazine rings is 1. The van der Waals surface area contributed by atoms with E-state index in [1.54, 1.807) is 0 Å². The van der Waals surface area contributed by atoms with Crippen LogP contribution in [0, 0.1) is 5.92 Å². The highest BCUT2D eigenvalue weighted by molar-refractivity contribution is 5.97. The van der Waals surface area contributed by atoms with Crippen molar-refractivity contribution in [1.29, 1.82) is 0 Å². The van der Waals surface area contributed by atoms with Crippen LogP contribution in [0.2, 0.25) is 0 Å². The summed E-state index contributed by atoms with van der Waals surface area (Å²) in [5.74, 6) is 0.648. The summed E-state index contributed by atoms with van der Waals surface area (Å²) in [7, 11) is 0. The van der Waals surface area contributed by atoms with Gasteiger partial charge in [-0.2, -0.15) is 0 Å². The summed E-state index contributed by atoms with van der Waals surface area (Å²) in [6.45, 7) is 14.8. The van der Waals surface area contributed by atoms with E-state index in [4.69, 9.17) is 0 Å². The molecule has 214 valence electrons. The van der Waals surface area contributed by atoms with E-state index in [9.17, 15) is 9.59 Å². The van der Waals surface area contributed by atoms with Gasteiger partial charge in [0, 0.05) is 6.42 Å². The molecule has 3 unspecified atom stereocenters. The van der Waals surface area contributed by atoms with Gasteiger partial charge in [0.2, 0.25) is 11.8 Å². The number of carbonyl (C=O) groups is 2. The highest BCUT2D eigenvalue weighted by Crippen LogP contribution is 2.26. The highest BCUT2D eigenvalue weighted by Gasteiger charge is 2.34. The largest absolute Gasteiger partial charge is 0.342 e. The first-order chi connectivity index (χ1) is 18.5. The van der Waals surface area contributed by atoms with Crippen LogP contribution >= 0.6 is 0 Å². The molecule has 3 atom stereocenters. The van der Waals surface area contributed by atoms with Crippen LogP contribution < -0.4 is 10.6 Å². The minimum absolute atomic E-state index is 0.0649. The van der Waals surface area contributed by atoms with Gasteiger partial charge in [-0.1, -0.05) is 122 Å². The molecule has 1 aromatic rings. The molecule has 3 rings (SSSR count). The van der Waals surface area contributed by atoms with Gasteiger partial charge >= 0.3 is 0 Å². The van der Waals surface area contributed by atoms with E-state index in [0.29, 0.717) is 12.8 Å². The molecule has 0 saturated carbocycles. The van der Waals surface area contributed by atoms with Gasteiger partial charge in [-0.25, -0.2) is 0 Å². The lowest BCUT2D eigenvalue weighted by Gasteiger charge is -2.30. The van der Waals surface area contributed by atoms with Crippen molar-refractivity contribution in [3.8, 4) is 0 Å². The molecule has 2 amide bonds. The van der Waals surface area contributed by atoms with Gasteiger partial charge in [0.05, 0.1) is 0 Å². The second-order valence-electron chi connectivity index (χ2n) is 10.4. The van der Waals surface area contributed by atoms with Crippen molar-refractivity contribution >= 4 is 11.8 Å². The second-order valence-corrected chi connectivity index (χ2v) is 10.4. The van der Waals surface area contributed by atoms with Gasteiger partial charge < -0.3 is 10.6 Å². The smallest absolute Gasteiger partial charge is 0.243 e. The molecule has 0 spiro atoms. The van der Waals surface area contributed by atoms with Crippen molar-refractivity contribution in [3.05, 3.63) is 58.7 Å².